The predicted molar refractivity (Wildman–Crippen MR) is 62.2 cm³/mol. The van der Waals surface area contributed by atoms with E-state index >= 15 is 0 Å². The number of nitrogens with zero attached hydrogens (tertiary/aromatic N) is 1. The molecule has 0 saturated carbocycles. The summed E-state index contributed by atoms with van der Waals surface area (Å²) in [6, 6.07) is 9.32. The van der Waals surface area contributed by atoms with Crippen LogP contribution in [-0.2, 0) is 0 Å². The summed E-state index contributed by atoms with van der Waals surface area (Å²) in [6.07, 6.45) is 0. The van der Waals surface area contributed by atoms with Crippen molar-refractivity contribution in [3.8, 4) is 6.07 Å². The van der Waals surface area contributed by atoms with Gasteiger partial charge in [0.25, 0.3) is 0 Å². The van der Waals surface area contributed by atoms with Crippen LogP contribution in [0.25, 0.3) is 0 Å². The molecule has 0 amide bonds. The average Bonchev–Trinajstić information content (AvgIpc) is 2.19. The Kier molecular flexibility index (Phi) is 3.61. The molecule has 1 N–H and O–H groups in total. The van der Waals surface area contributed by atoms with Crippen molar-refractivity contribution in [3.63, 3.8) is 0 Å². The zero-order chi connectivity index (χ0) is 10.6. The number of nitrogens with one attached hydrogen (secondary N) is 1. The van der Waals surface area contributed by atoms with Gasteiger partial charge in [0.1, 0.15) is 0 Å². The van der Waals surface area contributed by atoms with Gasteiger partial charge in [-0.1, -0.05) is 26.1 Å². The second-order valence-corrected chi connectivity index (χ2v) is 3.77. The van der Waals surface area contributed by atoms with Crippen LogP contribution in [0.4, 0.5) is 5.69 Å². The minimum Gasteiger partial charge on any atom is -0.350 e. The van der Waals surface area contributed by atoms with E-state index in [1.54, 1.807) is 12.1 Å². The van der Waals surface area contributed by atoms with Gasteiger partial charge in [0.15, 0.2) is 0 Å². The van der Waals surface area contributed by atoms with Crippen LogP contribution in [-0.4, -0.2) is 4.99 Å². The van der Waals surface area contributed by atoms with Gasteiger partial charge in [-0.3, -0.25) is 0 Å². The number of anilines is 1. The Balaban J connectivity index is 2.70. The first kappa shape index (κ1) is 10.7. The number of rotatable bonds is 2. The molecule has 0 radical (unpaired) electrons. The fourth-order valence-electron chi connectivity index (χ4n) is 0.915. The first-order chi connectivity index (χ1) is 6.63. The summed E-state index contributed by atoms with van der Waals surface area (Å²) in [6.45, 7) is 4.08. The van der Waals surface area contributed by atoms with Crippen molar-refractivity contribution in [2.45, 2.75) is 13.8 Å². The minimum absolute atomic E-state index is 0.334. The van der Waals surface area contributed by atoms with Crippen molar-refractivity contribution in [2.75, 3.05) is 5.32 Å². The van der Waals surface area contributed by atoms with E-state index < -0.39 is 0 Å². The third kappa shape index (κ3) is 2.82. The van der Waals surface area contributed by atoms with E-state index in [4.69, 9.17) is 17.5 Å². The Bertz CT molecular complexity index is 360. The Morgan fingerprint density at radius 1 is 1.36 bits per heavy atom. The first-order valence-electron chi connectivity index (χ1n) is 4.44. The molecule has 2 nitrogen and oxygen atoms in total. The lowest BCUT2D eigenvalue weighted by molar-refractivity contribution is 0.898. The van der Waals surface area contributed by atoms with E-state index in [0.29, 0.717) is 11.5 Å². The lowest BCUT2D eigenvalue weighted by Gasteiger charge is -2.10. The van der Waals surface area contributed by atoms with Crippen molar-refractivity contribution in [1.29, 1.82) is 5.26 Å². The maximum absolute atomic E-state index is 8.60. The second-order valence-electron chi connectivity index (χ2n) is 3.33. The van der Waals surface area contributed by atoms with E-state index in [9.17, 15) is 0 Å². The number of thiocarbonyl (C=S) groups is 1. The van der Waals surface area contributed by atoms with Crippen LogP contribution >= 0.6 is 12.2 Å². The quantitative estimate of drug-likeness (QED) is 0.752. The topological polar surface area (TPSA) is 35.8 Å². The summed E-state index contributed by atoms with van der Waals surface area (Å²) in [5.41, 5.74) is 1.59. The molecule has 1 aromatic carbocycles. The predicted octanol–water partition coefficient (Wildman–Crippen LogP) is 2.95. The third-order valence-corrected chi connectivity index (χ3v) is 2.38. The minimum atomic E-state index is 0.334. The molecule has 0 atom stereocenters. The Morgan fingerprint density at radius 3 is 2.36 bits per heavy atom. The maximum Gasteiger partial charge on any atom is 0.0991 e. The van der Waals surface area contributed by atoms with E-state index in [2.05, 4.69) is 11.4 Å². The Hall–Kier alpha value is -1.40. The van der Waals surface area contributed by atoms with Crippen LogP contribution in [0.5, 0.6) is 0 Å². The largest absolute Gasteiger partial charge is 0.350 e. The lowest BCUT2D eigenvalue weighted by Crippen LogP contribution is -2.15. The van der Waals surface area contributed by atoms with Gasteiger partial charge in [-0.25, -0.2) is 0 Å². The molecule has 0 unspecified atom stereocenters. The summed E-state index contributed by atoms with van der Waals surface area (Å²) < 4.78 is 0. The third-order valence-electron chi connectivity index (χ3n) is 1.81. The highest BCUT2D eigenvalue weighted by atomic mass is 32.1. The van der Waals surface area contributed by atoms with Crippen LogP contribution in [0.3, 0.4) is 0 Å². The monoisotopic (exact) mass is 204 g/mol. The summed E-state index contributed by atoms with van der Waals surface area (Å²) in [4.78, 5) is 0.815. The molecule has 0 bridgehead atoms. The van der Waals surface area contributed by atoms with Crippen molar-refractivity contribution < 1.29 is 0 Å². The summed E-state index contributed by atoms with van der Waals surface area (Å²) >= 11 is 5.15. The molecule has 1 rings (SSSR count). The van der Waals surface area contributed by atoms with Crippen LogP contribution < -0.4 is 5.32 Å². The van der Waals surface area contributed by atoms with E-state index in [0.717, 1.165) is 10.7 Å². The molecule has 0 spiro atoms. The highest BCUT2D eigenvalue weighted by molar-refractivity contribution is 7.80. The second kappa shape index (κ2) is 4.73. The average molecular weight is 204 g/mol. The van der Waals surface area contributed by atoms with E-state index in [1.165, 1.54) is 0 Å². The standard InChI is InChI=1S/C11H12N2S/c1-8(2)11(14)13-10-5-3-9(7-12)4-6-10/h3-6,8H,1-2H3,(H,13,14). The molecule has 0 aliphatic carbocycles. The van der Waals surface area contributed by atoms with Gasteiger partial charge in [0.05, 0.1) is 16.6 Å². The van der Waals surface area contributed by atoms with Gasteiger partial charge in [-0.2, -0.15) is 5.26 Å². The van der Waals surface area contributed by atoms with Crippen LogP contribution in [0.15, 0.2) is 24.3 Å². The fourth-order valence-corrected chi connectivity index (χ4v) is 1.03. The molecule has 0 heterocycles. The molecule has 0 saturated heterocycles. The van der Waals surface area contributed by atoms with Crippen molar-refractivity contribution >= 4 is 22.9 Å². The highest BCUT2D eigenvalue weighted by Crippen LogP contribution is 2.10. The zero-order valence-corrected chi connectivity index (χ0v) is 9.06. The molecular formula is C11H12N2S. The van der Waals surface area contributed by atoms with Gasteiger partial charge < -0.3 is 5.32 Å². The molecule has 3 heteroatoms. The molecule has 72 valence electrons. The van der Waals surface area contributed by atoms with Crippen LogP contribution in [0.2, 0.25) is 0 Å². The number of hydrogen-bond donors (Lipinski definition) is 1. The van der Waals surface area contributed by atoms with Crippen molar-refractivity contribution in [1.82, 2.24) is 0 Å². The molecule has 14 heavy (non-hydrogen) atoms. The summed E-state index contributed by atoms with van der Waals surface area (Å²) in [5.74, 6) is 0.334. The molecule has 0 aliphatic rings. The Labute approximate surface area is 89.6 Å². The highest BCUT2D eigenvalue weighted by Gasteiger charge is 2.02. The zero-order valence-electron chi connectivity index (χ0n) is 8.24. The van der Waals surface area contributed by atoms with Gasteiger partial charge in [-0.15, -0.1) is 0 Å². The van der Waals surface area contributed by atoms with Crippen LogP contribution in [0.1, 0.15) is 19.4 Å². The fraction of sp³-hybridized carbons (Fsp3) is 0.273. The first-order valence-corrected chi connectivity index (χ1v) is 4.85. The van der Waals surface area contributed by atoms with Gasteiger partial charge in [-0.05, 0) is 24.3 Å². The molecule has 0 fully saturated rings. The molecule has 0 aliphatic heterocycles. The van der Waals surface area contributed by atoms with E-state index in [-0.39, 0.29) is 0 Å². The number of nitriles is 1. The molecular weight excluding hydrogens is 192 g/mol. The molecule has 1 aromatic rings. The molecule has 0 aromatic heterocycles. The van der Waals surface area contributed by atoms with E-state index in [1.807, 2.05) is 26.0 Å². The summed E-state index contributed by atoms with van der Waals surface area (Å²) in [5, 5.41) is 11.7. The van der Waals surface area contributed by atoms with Gasteiger partial charge >= 0.3 is 0 Å². The van der Waals surface area contributed by atoms with Crippen LogP contribution in [0, 0.1) is 17.2 Å². The number of benzene rings is 1. The SMILES string of the molecule is CC(C)C(=S)Nc1ccc(C#N)cc1. The smallest absolute Gasteiger partial charge is 0.0991 e. The lowest BCUT2D eigenvalue weighted by atomic mass is 10.2. The van der Waals surface area contributed by atoms with Gasteiger partial charge in [0.2, 0.25) is 0 Å². The Morgan fingerprint density at radius 2 is 1.93 bits per heavy atom. The van der Waals surface area contributed by atoms with Crippen molar-refractivity contribution in [2.24, 2.45) is 5.92 Å². The normalized spacial score (nSPS) is 9.57. The van der Waals surface area contributed by atoms with Crippen molar-refractivity contribution in [3.05, 3.63) is 29.8 Å². The summed E-state index contributed by atoms with van der Waals surface area (Å²) in [7, 11) is 0. The maximum atomic E-state index is 8.60. The van der Waals surface area contributed by atoms with Gasteiger partial charge in [0, 0.05) is 11.6 Å². The number of hydrogen-bond acceptors (Lipinski definition) is 2.